The summed E-state index contributed by atoms with van der Waals surface area (Å²) in [5, 5.41) is 11.5. The van der Waals surface area contributed by atoms with Gasteiger partial charge in [0.15, 0.2) is 0 Å². The van der Waals surface area contributed by atoms with Crippen LogP contribution in [0, 0.1) is 11.3 Å². The van der Waals surface area contributed by atoms with Crippen LogP contribution in [-0.4, -0.2) is 103 Å². The molecule has 4 aliphatic rings. The fraction of sp³-hybridized carbons (Fsp3) is 0.722. The second kappa shape index (κ2) is 17.1. The zero-order valence-electron chi connectivity index (χ0n) is 30.2. The van der Waals surface area contributed by atoms with Gasteiger partial charge in [-0.1, -0.05) is 53.4 Å². The first kappa shape index (κ1) is 39.0. The van der Waals surface area contributed by atoms with Crippen molar-refractivity contribution >= 4 is 58.8 Å². The van der Waals surface area contributed by atoms with E-state index in [1.54, 1.807) is 28.4 Å². The lowest BCUT2D eigenvalue weighted by Crippen LogP contribution is -2.62. The summed E-state index contributed by atoms with van der Waals surface area (Å²) in [5.41, 5.74) is -0.664. The molecular weight excluding hydrogens is 691 g/mol. The van der Waals surface area contributed by atoms with E-state index < -0.39 is 69.0 Å². The van der Waals surface area contributed by atoms with Gasteiger partial charge in [-0.05, 0) is 61.4 Å². The molecule has 5 rings (SSSR count). The van der Waals surface area contributed by atoms with Gasteiger partial charge in [0.05, 0.1) is 16.3 Å². The molecule has 5 amide bonds. The van der Waals surface area contributed by atoms with E-state index in [0.29, 0.717) is 25.8 Å². The average Bonchev–Trinajstić information content (AvgIpc) is 3.87. The number of nitrogens with zero attached hydrogens (tertiary/aromatic N) is 3. The monoisotopic (exact) mass is 743 g/mol. The number of nitrogens with one attached hydrogen (secondary N) is 4. The molecule has 1 aromatic rings. The number of hydrogen-bond acceptors (Lipinski definition) is 10. The number of rotatable bonds is 13. The molecule has 4 N–H and O–H groups in total. The smallest absolute Gasteiger partial charge is 0.289 e. The molecule has 4 fully saturated rings. The van der Waals surface area contributed by atoms with E-state index in [1.165, 1.54) is 18.6 Å². The van der Waals surface area contributed by atoms with Crippen molar-refractivity contribution < 1.29 is 28.8 Å². The molecule has 1 spiro atoms. The summed E-state index contributed by atoms with van der Waals surface area (Å²) >= 11 is 3.49. The number of aromatic nitrogens is 2. The number of thioether (sulfide) groups is 2. The van der Waals surface area contributed by atoms with Gasteiger partial charge in [-0.25, -0.2) is 4.98 Å². The molecule has 2 saturated heterocycles. The third-order valence-corrected chi connectivity index (χ3v) is 13.5. The minimum Gasteiger partial charge on any atom is -0.347 e. The molecule has 15 heteroatoms. The minimum absolute atomic E-state index is 0.00479. The van der Waals surface area contributed by atoms with Crippen LogP contribution < -0.4 is 21.3 Å². The average molecular weight is 744 g/mol. The summed E-state index contributed by atoms with van der Waals surface area (Å²) in [6.07, 6.45) is 12.6. The van der Waals surface area contributed by atoms with Crippen LogP contribution >= 0.6 is 23.5 Å². The van der Waals surface area contributed by atoms with Crippen LogP contribution in [0.3, 0.4) is 0 Å². The Morgan fingerprint density at radius 2 is 1.65 bits per heavy atom. The van der Waals surface area contributed by atoms with Gasteiger partial charge in [0.1, 0.15) is 23.8 Å². The van der Waals surface area contributed by atoms with Crippen molar-refractivity contribution in [3.63, 3.8) is 0 Å². The van der Waals surface area contributed by atoms with E-state index >= 15 is 0 Å². The van der Waals surface area contributed by atoms with E-state index in [-0.39, 0.29) is 17.7 Å². The van der Waals surface area contributed by atoms with Gasteiger partial charge in [0.2, 0.25) is 23.5 Å². The van der Waals surface area contributed by atoms with Crippen molar-refractivity contribution in [1.82, 2.24) is 36.1 Å². The highest BCUT2D eigenvalue weighted by atomic mass is 32.2. The normalized spacial score (nSPS) is 22.4. The molecule has 4 atom stereocenters. The molecule has 280 valence electrons. The molecular formula is C36H53N7O6S2. The first-order chi connectivity index (χ1) is 24.3. The van der Waals surface area contributed by atoms with Crippen molar-refractivity contribution in [1.29, 1.82) is 0 Å². The first-order valence-corrected chi connectivity index (χ1v) is 20.4. The standard InChI is InChI=1S/C36H53N7O6S2/c1-5-10-24(28(44)33(48)39-23-13-14-23)40-31(46)26-19-36(50-17-9-18-51-36)21-43(26)34(49)29(35(2,3)4)42-32(47)27(22-11-7-6-8-12-22)41-30(45)25-20-37-15-16-38-25/h15-16,20,22-24,26-27,29H,5-14,17-19,21H2,1-4H3,(H,39,48)(H,40,46)(H,41,45)(H,42,47)/t24-,26-,27-,29+/m0/s1. The molecule has 13 nitrogen and oxygen atoms in total. The Hall–Kier alpha value is -3.20. The predicted octanol–water partition coefficient (Wildman–Crippen LogP) is 2.99. The molecule has 0 unspecified atom stereocenters. The van der Waals surface area contributed by atoms with E-state index in [2.05, 4.69) is 31.2 Å². The van der Waals surface area contributed by atoms with Crippen LogP contribution in [0.5, 0.6) is 0 Å². The van der Waals surface area contributed by atoms with Gasteiger partial charge in [0.25, 0.3) is 11.8 Å². The quantitative estimate of drug-likeness (QED) is 0.220. The maximum absolute atomic E-state index is 14.8. The second-order valence-corrected chi connectivity index (χ2v) is 18.6. The van der Waals surface area contributed by atoms with E-state index in [9.17, 15) is 28.8 Å². The van der Waals surface area contributed by atoms with Gasteiger partial charge in [-0.2, -0.15) is 0 Å². The lowest BCUT2D eigenvalue weighted by atomic mass is 9.82. The number of hydrogen-bond donors (Lipinski definition) is 4. The number of Topliss-reactive ketones (excluding diaryl/α,β-unsaturated/α-hetero) is 1. The molecule has 2 aliphatic carbocycles. The van der Waals surface area contributed by atoms with Gasteiger partial charge in [-0.3, -0.25) is 33.8 Å². The fourth-order valence-corrected chi connectivity index (χ4v) is 10.5. The van der Waals surface area contributed by atoms with Gasteiger partial charge >= 0.3 is 0 Å². The Labute approximate surface area is 309 Å². The zero-order valence-corrected chi connectivity index (χ0v) is 31.8. The number of amides is 5. The summed E-state index contributed by atoms with van der Waals surface area (Å²) in [7, 11) is 0. The van der Waals surface area contributed by atoms with Gasteiger partial charge in [-0.15, -0.1) is 23.5 Å². The SMILES string of the molecule is CCC[C@H](NC(=O)[C@@H]1CC2(CN1C(=O)[C@@H](NC(=O)[C@@H](NC(=O)c1cnccn1)C1CCCCC1)C(C)(C)C)SCCCS2)C(=O)C(=O)NC1CC1. The summed E-state index contributed by atoms with van der Waals surface area (Å²) in [6, 6.07) is -3.82. The van der Waals surface area contributed by atoms with Gasteiger partial charge in [0, 0.05) is 31.4 Å². The Morgan fingerprint density at radius 3 is 2.25 bits per heavy atom. The minimum atomic E-state index is -1.02. The largest absolute Gasteiger partial charge is 0.347 e. The highest BCUT2D eigenvalue weighted by Crippen LogP contribution is 2.50. The van der Waals surface area contributed by atoms with Crippen LogP contribution in [0.2, 0.25) is 0 Å². The summed E-state index contributed by atoms with van der Waals surface area (Å²) < 4.78 is -0.411. The van der Waals surface area contributed by atoms with E-state index in [0.717, 1.165) is 62.9 Å². The lowest BCUT2D eigenvalue weighted by Gasteiger charge is -2.38. The molecule has 51 heavy (non-hydrogen) atoms. The van der Waals surface area contributed by atoms with Crippen LogP contribution in [-0.2, 0) is 24.0 Å². The topological polar surface area (TPSA) is 180 Å². The molecule has 1 aromatic heterocycles. The number of carbonyl (C=O) groups is 6. The van der Waals surface area contributed by atoms with E-state index in [4.69, 9.17) is 0 Å². The second-order valence-electron chi connectivity index (χ2n) is 15.4. The van der Waals surface area contributed by atoms with Crippen molar-refractivity contribution in [2.24, 2.45) is 11.3 Å². The van der Waals surface area contributed by atoms with E-state index in [1.807, 2.05) is 27.7 Å². The number of ketones is 1. The molecule has 2 aliphatic heterocycles. The Balaban J connectivity index is 1.38. The Morgan fingerprint density at radius 1 is 0.941 bits per heavy atom. The molecule has 0 bridgehead atoms. The van der Waals surface area contributed by atoms with Crippen molar-refractivity contribution in [2.45, 2.75) is 133 Å². The van der Waals surface area contributed by atoms with Crippen LogP contribution in [0.15, 0.2) is 18.6 Å². The molecule has 0 aromatic carbocycles. The maximum Gasteiger partial charge on any atom is 0.289 e. The molecule has 3 heterocycles. The predicted molar refractivity (Wildman–Crippen MR) is 197 cm³/mol. The highest BCUT2D eigenvalue weighted by molar-refractivity contribution is 8.18. The summed E-state index contributed by atoms with van der Waals surface area (Å²) in [6.45, 7) is 7.77. The number of likely N-dealkylation sites (tertiary alicyclic amines) is 1. The van der Waals surface area contributed by atoms with Crippen LogP contribution in [0.4, 0.5) is 0 Å². The summed E-state index contributed by atoms with van der Waals surface area (Å²) in [5.74, 6) is -1.55. The summed E-state index contributed by atoms with van der Waals surface area (Å²) in [4.78, 5) is 91.9. The van der Waals surface area contributed by atoms with Crippen molar-refractivity contribution in [3.8, 4) is 0 Å². The zero-order chi connectivity index (χ0) is 36.8. The molecule has 0 radical (unpaired) electrons. The maximum atomic E-state index is 14.8. The molecule has 2 saturated carbocycles. The Bertz CT molecular complexity index is 1440. The van der Waals surface area contributed by atoms with Crippen LogP contribution in [0.1, 0.15) is 109 Å². The van der Waals surface area contributed by atoms with Gasteiger partial charge < -0.3 is 26.2 Å². The fourth-order valence-electron chi connectivity index (χ4n) is 7.14. The van der Waals surface area contributed by atoms with Crippen molar-refractivity contribution in [2.75, 3.05) is 18.1 Å². The van der Waals surface area contributed by atoms with Crippen molar-refractivity contribution in [3.05, 3.63) is 24.3 Å². The van der Waals surface area contributed by atoms with Crippen LogP contribution in [0.25, 0.3) is 0 Å². The highest BCUT2D eigenvalue weighted by Gasteiger charge is 2.53. The lowest BCUT2D eigenvalue weighted by molar-refractivity contribution is -0.145. The third-order valence-electron chi connectivity index (χ3n) is 10.1. The first-order valence-electron chi connectivity index (χ1n) is 18.4. The Kier molecular flexibility index (Phi) is 13.1. The number of carbonyl (C=O) groups excluding carboxylic acids is 6. The third kappa shape index (κ3) is 10.0.